The number of nitrogens with zero attached hydrogens (tertiary/aromatic N) is 3. The van der Waals surface area contributed by atoms with Crippen LogP contribution in [0.1, 0.15) is 18.5 Å². The summed E-state index contributed by atoms with van der Waals surface area (Å²) in [5, 5.41) is 9.99. The summed E-state index contributed by atoms with van der Waals surface area (Å²) < 4.78 is 13.5. The summed E-state index contributed by atoms with van der Waals surface area (Å²) in [6.45, 7) is 3.58. The second-order valence-corrected chi connectivity index (χ2v) is 6.89. The quantitative estimate of drug-likeness (QED) is 0.470. The number of pyridine rings is 1. The monoisotopic (exact) mass is 391 g/mol. The summed E-state index contributed by atoms with van der Waals surface area (Å²) in [4.78, 5) is 9.11. The van der Waals surface area contributed by atoms with Gasteiger partial charge in [-0.25, -0.2) is 4.98 Å². The van der Waals surface area contributed by atoms with Crippen molar-refractivity contribution in [2.45, 2.75) is 19.4 Å². The largest absolute Gasteiger partial charge is 0.491 e. The topological polar surface area (TPSA) is 69.4 Å². The van der Waals surface area contributed by atoms with E-state index in [4.69, 9.17) is 14.6 Å². The first kappa shape index (κ1) is 19.4. The molecule has 2 aromatic heterocycles. The number of hydrogen-bond acceptors (Lipinski definition) is 5. The van der Waals surface area contributed by atoms with Crippen LogP contribution in [-0.2, 0) is 11.2 Å². The Morgan fingerprint density at radius 3 is 2.66 bits per heavy atom. The number of benzene rings is 2. The molecule has 1 atom stereocenters. The highest BCUT2D eigenvalue weighted by molar-refractivity contribution is 6.02. The average Bonchev–Trinajstić information content (AvgIpc) is 3.20. The summed E-state index contributed by atoms with van der Waals surface area (Å²) in [6.07, 6.45) is 4.53. The summed E-state index contributed by atoms with van der Waals surface area (Å²) >= 11 is 0. The van der Waals surface area contributed by atoms with Crippen molar-refractivity contribution in [3.63, 3.8) is 0 Å². The zero-order valence-electron chi connectivity index (χ0n) is 16.5. The number of imidazole rings is 1. The molecular weight excluding hydrogens is 366 g/mol. The van der Waals surface area contributed by atoms with E-state index in [2.05, 4.69) is 32.7 Å². The van der Waals surface area contributed by atoms with Crippen LogP contribution in [-0.4, -0.2) is 46.1 Å². The Kier molecular flexibility index (Phi) is 6.03. The molecule has 0 saturated carbocycles. The fourth-order valence-electron chi connectivity index (χ4n) is 3.59. The maximum Gasteiger partial charge on any atom is 0.119 e. The average molecular weight is 391 g/mol. The third kappa shape index (κ3) is 4.23. The smallest absolute Gasteiger partial charge is 0.119 e. The summed E-state index contributed by atoms with van der Waals surface area (Å²) in [5.41, 5.74) is 4.12. The number of aliphatic hydroxyl groups excluding tert-OH is 1. The minimum atomic E-state index is 0.00863. The lowest BCUT2D eigenvalue weighted by Crippen LogP contribution is -2.18. The van der Waals surface area contributed by atoms with E-state index < -0.39 is 0 Å². The van der Waals surface area contributed by atoms with E-state index in [1.807, 2.05) is 49.8 Å². The van der Waals surface area contributed by atoms with Gasteiger partial charge in [-0.3, -0.25) is 4.98 Å². The molecule has 0 unspecified atom stereocenters. The van der Waals surface area contributed by atoms with Gasteiger partial charge in [-0.15, -0.1) is 0 Å². The molecular formula is C23H25N3O3. The highest BCUT2D eigenvalue weighted by Gasteiger charge is 2.17. The Bertz CT molecular complexity index is 1080. The van der Waals surface area contributed by atoms with Crippen molar-refractivity contribution in [1.82, 2.24) is 14.5 Å². The van der Waals surface area contributed by atoms with E-state index in [1.165, 1.54) is 5.56 Å². The molecule has 0 fully saturated rings. The molecule has 0 bridgehead atoms. The van der Waals surface area contributed by atoms with Crippen molar-refractivity contribution < 1.29 is 14.6 Å². The van der Waals surface area contributed by atoms with Gasteiger partial charge >= 0.3 is 0 Å². The van der Waals surface area contributed by atoms with Crippen LogP contribution in [0.25, 0.3) is 21.9 Å². The van der Waals surface area contributed by atoms with Gasteiger partial charge in [0.1, 0.15) is 17.9 Å². The van der Waals surface area contributed by atoms with Crippen molar-refractivity contribution in [3.05, 3.63) is 66.6 Å². The molecule has 0 radical (unpaired) electrons. The summed E-state index contributed by atoms with van der Waals surface area (Å²) in [6, 6.07) is 16.2. The highest BCUT2D eigenvalue weighted by Crippen LogP contribution is 2.27. The fraction of sp³-hybridized carbons (Fsp3) is 0.304. The van der Waals surface area contributed by atoms with Gasteiger partial charge in [0.25, 0.3) is 0 Å². The Balaban J connectivity index is 1.67. The maximum atomic E-state index is 8.90. The van der Waals surface area contributed by atoms with E-state index in [0.29, 0.717) is 19.8 Å². The third-order valence-corrected chi connectivity index (χ3v) is 4.97. The van der Waals surface area contributed by atoms with Gasteiger partial charge in [-0.1, -0.05) is 30.3 Å². The van der Waals surface area contributed by atoms with Crippen molar-refractivity contribution in [2.24, 2.45) is 0 Å². The maximum absolute atomic E-state index is 8.90. The van der Waals surface area contributed by atoms with Crippen LogP contribution in [0.4, 0.5) is 0 Å². The second kappa shape index (κ2) is 9.03. The molecule has 0 spiro atoms. The van der Waals surface area contributed by atoms with Crippen molar-refractivity contribution in [3.8, 4) is 5.75 Å². The SMILES string of the molecule is CCOC[C@H](Cc1ccc(OCCO)cc1)n1cnc2cnc3ccccc3c21. The zero-order chi connectivity index (χ0) is 20.1. The lowest BCUT2D eigenvalue weighted by Gasteiger charge is -2.20. The van der Waals surface area contributed by atoms with Crippen LogP contribution >= 0.6 is 0 Å². The first-order valence-corrected chi connectivity index (χ1v) is 9.90. The predicted molar refractivity (Wildman–Crippen MR) is 113 cm³/mol. The number of fused-ring (bicyclic) bond motifs is 3. The van der Waals surface area contributed by atoms with Gasteiger partial charge in [0.05, 0.1) is 42.8 Å². The Labute approximate surface area is 169 Å². The molecule has 2 heterocycles. The number of rotatable bonds is 9. The minimum Gasteiger partial charge on any atom is -0.491 e. The van der Waals surface area contributed by atoms with Gasteiger partial charge in [0, 0.05) is 12.0 Å². The van der Waals surface area contributed by atoms with Crippen molar-refractivity contribution in [1.29, 1.82) is 0 Å². The van der Waals surface area contributed by atoms with Crippen LogP contribution in [0.5, 0.6) is 5.75 Å². The molecule has 0 aliphatic rings. The molecule has 0 amide bonds. The van der Waals surface area contributed by atoms with E-state index in [-0.39, 0.29) is 12.6 Å². The predicted octanol–water partition coefficient (Wildman–Crippen LogP) is 3.78. The number of aromatic nitrogens is 3. The van der Waals surface area contributed by atoms with Gasteiger partial charge in [-0.2, -0.15) is 0 Å². The standard InChI is InChI=1S/C23H25N3O3/c1-2-28-15-18(13-17-7-9-19(10-8-17)29-12-11-27)26-16-25-22-14-24-21-6-4-3-5-20(21)23(22)26/h3-10,14,16,18,27H,2,11-13,15H2,1H3/t18-/m0/s1. The van der Waals surface area contributed by atoms with E-state index >= 15 is 0 Å². The molecule has 4 rings (SSSR count). The number of aliphatic hydroxyl groups is 1. The second-order valence-electron chi connectivity index (χ2n) is 6.89. The molecule has 0 aliphatic carbocycles. The third-order valence-electron chi connectivity index (χ3n) is 4.97. The Morgan fingerprint density at radius 1 is 1.03 bits per heavy atom. The molecule has 0 aliphatic heterocycles. The van der Waals surface area contributed by atoms with Crippen LogP contribution in [0.2, 0.25) is 0 Å². The van der Waals surface area contributed by atoms with Gasteiger partial charge in [0.15, 0.2) is 0 Å². The number of para-hydroxylation sites is 1. The summed E-state index contributed by atoms with van der Waals surface area (Å²) in [5.74, 6) is 0.759. The number of ether oxygens (including phenoxy) is 2. The molecule has 0 saturated heterocycles. The minimum absolute atomic E-state index is 0.00863. The van der Waals surface area contributed by atoms with Gasteiger partial charge in [0.2, 0.25) is 0 Å². The molecule has 29 heavy (non-hydrogen) atoms. The molecule has 6 nitrogen and oxygen atoms in total. The Hall–Kier alpha value is -2.96. The van der Waals surface area contributed by atoms with E-state index in [9.17, 15) is 0 Å². The molecule has 150 valence electrons. The van der Waals surface area contributed by atoms with Crippen LogP contribution in [0.15, 0.2) is 61.1 Å². The fourth-order valence-corrected chi connectivity index (χ4v) is 3.59. The van der Waals surface area contributed by atoms with Gasteiger partial charge in [-0.05, 0) is 37.1 Å². The first-order chi connectivity index (χ1) is 14.3. The van der Waals surface area contributed by atoms with Crippen LogP contribution in [0.3, 0.4) is 0 Å². The first-order valence-electron chi connectivity index (χ1n) is 9.90. The number of hydrogen-bond donors (Lipinski definition) is 1. The van der Waals surface area contributed by atoms with Crippen molar-refractivity contribution >= 4 is 21.9 Å². The zero-order valence-corrected chi connectivity index (χ0v) is 16.5. The van der Waals surface area contributed by atoms with Crippen LogP contribution < -0.4 is 4.74 Å². The van der Waals surface area contributed by atoms with E-state index in [1.54, 1.807) is 0 Å². The Morgan fingerprint density at radius 2 is 1.86 bits per heavy atom. The lowest BCUT2D eigenvalue weighted by atomic mass is 10.1. The lowest BCUT2D eigenvalue weighted by molar-refractivity contribution is 0.114. The molecule has 4 aromatic rings. The van der Waals surface area contributed by atoms with Crippen LogP contribution in [0, 0.1) is 0 Å². The molecule has 2 aromatic carbocycles. The molecule has 6 heteroatoms. The highest BCUT2D eigenvalue weighted by atomic mass is 16.5. The normalized spacial score (nSPS) is 12.5. The van der Waals surface area contributed by atoms with Crippen molar-refractivity contribution in [2.75, 3.05) is 26.4 Å². The summed E-state index contributed by atoms with van der Waals surface area (Å²) in [7, 11) is 0. The van der Waals surface area contributed by atoms with E-state index in [0.717, 1.165) is 34.1 Å². The van der Waals surface area contributed by atoms with Gasteiger partial charge < -0.3 is 19.1 Å². The molecule has 1 N–H and O–H groups in total.